The van der Waals surface area contributed by atoms with Crippen LogP contribution in [-0.2, 0) is 20.9 Å². The second-order valence-corrected chi connectivity index (χ2v) is 11.8. The van der Waals surface area contributed by atoms with E-state index in [1.807, 2.05) is 49.4 Å². The summed E-state index contributed by atoms with van der Waals surface area (Å²) in [5.74, 6) is 1.16. The normalized spacial score (nSPS) is 20.1. The van der Waals surface area contributed by atoms with E-state index in [2.05, 4.69) is 10.6 Å². The standard InChI is InChI=1S/C30H33N5O5S/c1-2-25(28(37)32-19-8-4-3-5-9-19)41-30-34-21-11-7-6-10-20(21)27-33-22(29(38)35(27)30)15-26(36)31-16-18-12-13-23-24(14-18)40-17-39-23/h6-7,10-14,19,22,25H,2-5,8-9,15-17H2,1H3,(H,31,36)(H,32,37)/t22-,25+/m0/s1. The number of amidine groups is 2. The summed E-state index contributed by atoms with van der Waals surface area (Å²) in [4.78, 5) is 50.7. The van der Waals surface area contributed by atoms with Crippen molar-refractivity contribution in [2.75, 3.05) is 6.79 Å². The van der Waals surface area contributed by atoms with Crippen LogP contribution in [0.15, 0.2) is 52.4 Å². The summed E-state index contributed by atoms with van der Waals surface area (Å²) in [6.45, 7) is 2.43. The lowest BCUT2D eigenvalue weighted by Crippen LogP contribution is -2.45. The summed E-state index contributed by atoms with van der Waals surface area (Å²) in [6, 6.07) is 12.3. The number of fused-ring (bicyclic) bond motifs is 4. The molecule has 0 aromatic heterocycles. The molecule has 2 atom stereocenters. The van der Waals surface area contributed by atoms with E-state index in [-0.39, 0.29) is 43.5 Å². The molecule has 1 fully saturated rings. The van der Waals surface area contributed by atoms with E-state index < -0.39 is 11.3 Å². The number of aliphatic imine (C=N–C) groups is 2. The number of nitrogens with one attached hydrogen (secondary N) is 2. The largest absolute Gasteiger partial charge is 0.454 e. The number of para-hydroxylation sites is 1. The molecule has 3 aliphatic heterocycles. The average Bonchev–Trinajstić information content (AvgIpc) is 3.59. The van der Waals surface area contributed by atoms with Gasteiger partial charge in [0.2, 0.25) is 18.6 Å². The van der Waals surface area contributed by atoms with Gasteiger partial charge in [-0.1, -0.05) is 56.1 Å². The summed E-state index contributed by atoms with van der Waals surface area (Å²) in [5, 5.41) is 6.10. The van der Waals surface area contributed by atoms with Crippen LogP contribution in [0.5, 0.6) is 11.5 Å². The molecule has 41 heavy (non-hydrogen) atoms. The van der Waals surface area contributed by atoms with Gasteiger partial charge in [-0.15, -0.1) is 0 Å². The monoisotopic (exact) mass is 575 g/mol. The number of carbonyl (C=O) groups is 3. The average molecular weight is 576 g/mol. The maximum Gasteiger partial charge on any atom is 0.259 e. The fraction of sp³-hybridized carbons (Fsp3) is 0.433. The lowest BCUT2D eigenvalue weighted by atomic mass is 9.95. The Morgan fingerprint density at radius 2 is 1.90 bits per heavy atom. The lowest BCUT2D eigenvalue weighted by molar-refractivity contribution is -0.128. The summed E-state index contributed by atoms with van der Waals surface area (Å²) in [5.41, 5.74) is 2.28. The van der Waals surface area contributed by atoms with Gasteiger partial charge in [0.15, 0.2) is 16.7 Å². The number of carbonyl (C=O) groups excluding carboxylic acids is 3. The van der Waals surface area contributed by atoms with Gasteiger partial charge < -0.3 is 20.1 Å². The van der Waals surface area contributed by atoms with E-state index in [0.29, 0.717) is 34.6 Å². The minimum absolute atomic E-state index is 0.0319. The molecule has 10 nitrogen and oxygen atoms in total. The third kappa shape index (κ3) is 5.81. The van der Waals surface area contributed by atoms with Gasteiger partial charge in [0.05, 0.1) is 17.4 Å². The molecule has 4 aliphatic rings. The molecular formula is C30H33N5O5S. The van der Waals surface area contributed by atoms with Crippen LogP contribution in [-0.4, -0.2) is 57.8 Å². The first-order chi connectivity index (χ1) is 20.0. The number of thioether (sulfide) groups is 1. The number of amides is 3. The summed E-state index contributed by atoms with van der Waals surface area (Å²) < 4.78 is 10.7. The van der Waals surface area contributed by atoms with Gasteiger partial charge in [-0.2, -0.15) is 0 Å². The van der Waals surface area contributed by atoms with E-state index >= 15 is 0 Å². The summed E-state index contributed by atoms with van der Waals surface area (Å²) in [7, 11) is 0. The van der Waals surface area contributed by atoms with E-state index in [0.717, 1.165) is 36.8 Å². The Balaban J connectivity index is 1.15. The first-order valence-electron chi connectivity index (χ1n) is 14.2. The molecule has 0 radical (unpaired) electrons. The van der Waals surface area contributed by atoms with Gasteiger partial charge in [0.25, 0.3) is 5.91 Å². The maximum absolute atomic E-state index is 13.7. The molecule has 2 aromatic rings. The van der Waals surface area contributed by atoms with Crippen molar-refractivity contribution >= 4 is 46.2 Å². The molecule has 3 heterocycles. The highest BCUT2D eigenvalue weighted by Gasteiger charge is 2.43. The third-order valence-corrected chi connectivity index (χ3v) is 9.03. The molecule has 1 saturated carbocycles. The van der Waals surface area contributed by atoms with Gasteiger partial charge in [0, 0.05) is 18.2 Å². The predicted molar refractivity (Wildman–Crippen MR) is 156 cm³/mol. The zero-order valence-electron chi connectivity index (χ0n) is 22.9. The molecule has 0 saturated heterocycles. The van der Waals surface area contributed by atoms with Gasteiger partial charge in [0.1, 0.15) is 11.9 Å². The molecule has 1 aliphatic carbocycles. The Morgan fingerprint density at radius 1 is 1.10 bits per heavy atom. The molecular weight excluding hydrogens is 542 g/mol. The molecule has 11 heteroatoms. The Kier molecular flexibility index (Phi) is 7.95. The first-order valence-corrected chi connectivity index (χ1v) is 15.1. The highest BCUT2D eigenvalue weighted by atomic mass is 32.2. The predicted octanol–water partition coefficient (Wildman–Crippen LogP) is 4.04. The Labute approximate surface area is 243 Å². The highest BCUT2D eigenvalue weighted by Crippen LogP contribution is 2.36. The van der Waals surface area contributed by atoms with Crippen LogP contribution in [0.1, 0.15) is 63.0 Å². The minimum Gasteiger partial charge on any atom is -0.454 e. The number of rotatable bonds is 8. The maximum atomic E-state index is 13.7. The molecule has 214 valence electrons. The second-order valence-electron chi connectivity index (χ2n) is 10.6. The SMILES string of the molecule is CC[C@@H](SC1=Nc2ccccc2C2=N[C@@H](CC(=O)NCc3ccc4c(c3)OCO4)C(=O)N12)C(=O)NC1CCCCC1. The molecule has 0 spiro atoms. The van der Waals surface area contributed by atoms with Crippen LogP contribution < -0.4 is 20.1 Å². The van der Waals surface area contributed by atoms with Crippen molar-refractivity contribution < 1.29 is 23.9 Å². The number of ether oxygens (including phenoxy) is 2. The Bertz CT molecular complexity index is 1420. The van der Waals surface area contributed by atoms with Gasteiger partial charge >= 0.3 is 0 Å². The van der Waals surface area contributed by atoms with E-state index in [1.54, 1.807) is 0 Å². The van der Waals surface area contributed by atoms with Crippen molar-refractivity contribution in [1.29, 1.82) is 0 Å². The molecule has 2 aromatic carbocycles. The Morgan fingerprint density at radius 3 is 2.73 bits per heavy atom. The zero-order chi connectivity index (χ0) is 28.3. The van der Waals surface area contributed by atoms with Crippen molar-refractivity contribution in [2.24, 2.45) is 9.98 Å². The molecule has 6 rings (SSSR count). The third-order valence-electron chi connectivity index (χ3n) is 7.72. The quantitative estimate of drug-likeness (QED) is 0.490. The topological polar surface area (TPSA) is 122 Å². The number of hydrogen-bond donors (Lipinski definition) is 2. The van der Waals surface area contributed by atoms with Gasteiger partial charge in [-0.25, -0.2) is 9.89 Å². The summed E-state index contributed by atoms with van der Waals surface area (Å²) >= 11 is 1.28. The Hall–Kier alpha value is -3.86. The second kappa shape index (κ2) is 11.9. The van der Waals surface area contributed by atoms with E-state index in [1.165, 1.54) is 23.1 Å². The van der Waals surface area contributed by atoms with Crippen molar-refractivity contribution in [2.45, 2.75) is 75.7 Å². The van der Waals surface area contributed by atoms with Crippen molar-refractivity contribution in [3.8, 4) is 11.5 Å². The van der Waals surface area contributed by atoms with Gasteiger partial charge in [-0.05, 0) is 49.1 Å². The molecule has 2 N–H and O–H groups in total. The van der Waals surface area contributed by atoms with E-state index in [9.17, 15) is 14.4 Å². The van der Waals surface area contributed by atoms with Crippen LogP contribution in [0.4, 0.5) is 5.69 Å². The van der Waals surface area contributed by atoms with Crippen LogP contribution >= 0.6 is 11.8 Å². The van der Waals surface area contributed by atoms with Crippen LogP contribution in [0.2, 0.25) is 0 Å². The van der Waals surface area contributed by atoms with Crippen molar-refractivity contribution in [1.82, 2.24) is 15.5 Å². The first kappa shape index (κ1) is 27.3. The van der Waals surface area contributed by atoms with Crippen LogP contribution in [0.25, 0.3) is 0 Å². The number of benzene rings is 2. The highest BCUT2D eigenvalue weighted by molar-refractivity contribution is 8.15. The molecule has 3 amide bonds. The van der Waals surface area contributed by atoms with E-state index in [4.69, 9.17) is 19.5 Å². The summed E-state index contributed by atoms with van der Waals surface area (Å²) in [6.07, 6.45) is 5.97. The van der Waals surface area contributed by atoms with Crippen LogP contribution in [0, 0.1) is 0 Å². The van der Waals surface area contributed by atoms with Crippen molar-refractivity contribution in [3.05, 3.63) is 53.6 Å². The van der Waals surface area contributed by atoms with Crippen LogP contribution in [0.3, 0.4) is 0 Å². The fourth-order valence-electron chi connectivity index (χ4n) is 5.50. The lowest BCUT2D eigenvalue weighted by Gasteiger charge is -2.29. The number of hydrogen-bond acceptors (Lipinski definition) is 8. The van der Waals surface area contributed by atoms with Gasteiger partial charge in [-0.3, -0.25) is 19.4 Å². The zero-order valence-corrected chi connectivity index (χ0v) is 23.7. The minimum atomic E-state index is -0.880. The fourth-order valence-corrected chi connectivity index (χ4v) is 6.53. The smallest absolute Gasteiger partial charge is 0.259 e. The number of nitrogens with zero attached hydrogens (tertiary/aromatic N) is 3. The molecule has 0 bridgehead atoms. The van der Waals surface area contributed by atoms with Crippen molar-refractivity contribution in [3.63, 3.8) is 0 Å². The molecule has 0 unspecified atom stereocenters.